The Bertz CT molecular complexity index is 577. The second kappa shape index (κ2) is 7.97. The lowest BCUT2D eigenvalue weighted by molar-refractivity contribution is 0.0916. The van der Waals surface area contributed by atoms with Crippen LogP contribution < -0.4 is 10.6 Å². The van der Waals surface area contributed by atoms with Crippen molar-refractivity contribution in [2.45, 2.75) is 45.4 Å². The molecule has 1 amide bonds. The molecule has 6 heteroatoms. The minimum absolute atomic E-state index is 0. The fourth-order valence-electron chi connectivity index (χ4n) is 3.51. The van der Waals surface area contributed by atoms with Gasteiger partial charge in [-0.05, 0) is 51.6 Å². The Labute approximate surface area is 143 Å². The minimum atomic E-state index is -0.191. The van der Waals surface area contributed by atoms with Gasteiger partial charge in [0.15, 0.2) is 11.5 Å². The number of Topliss-reactive ketones (excluding diaryl/α,β-unsaturated/α-hetero) is 1. The SMILES string of the molecule is Cc1c(C(=O)NCCC2CCCNC2)oc2c1C(=O)CCC2.Cl. The molecule has 2 aliphatic rings. The van der Waals surface area contributed by atoms with E-state index in [2.05, 4.69) is 10.6 Å². The van der Waals surface area contributed by atoms with Gasteiger partial charge in [0, 0.05) is 24.9 Å². The molecule has 5 nitrogen and oxygen atoms in total. The summed E-state index contributed by atoms with van der Waals surface area (Å²) in [6, 6.07) is 0. The van der Waals surface area contributed by atoms with Crippen molar-refractivity contribution in [2.24, 2.45) is 5.92 Å². The fraction of sp³-hybridized carbons (Fsp3) is 0.647. The number of hydrogen-bond donors (Lipinski definition) is 2. The van der Waals surface area contributed by atoms with Crippen LogP contribution in [0.15, 0.2) is 4.42 Å². The normalized spacial score (nSPS) is 20.6. The maximum absolute atomic E-state index is 12.3. The van der Waals surface area contributed by atoms with Crippen LogP contribution in [0.5, 0.6) is 0 Å². The van der Waals surface area contributed by atoms with Crippen LogP contribution in [-0.4, -0.2) is 31.3 Å². The summed E-state index contributed by atoms with van der Waals surface area (Å²) in [5.74, 6) is 1.57. The minimum Gasteiger partial charge on any atom is -0.455 e. The quantitative estimate of drug-likeness (QED) is 0.884. The van der Waals surface area contributed by atoms with Crippen molar-refractivity contribution < 1.29 is 14.0 Å². The predicted octanol–water partition coefficient (Wildman–Crippen LogP) is 2.65. The standard InChI is InChI=1S/C17H24N2O3.ClH/c1-11-15-13(20)5-2-6-14(15)22-16(11)17(21)19-9-7-12-4-3-8-18-10-12;/h12,18H,2-10H2,1H3,(H,19,21);1H. The maximum Gasteiger partial charge on any atom is 0.287 e. The molecule has 1 aliphatic heterocycles. The fourth-order valence-corrected chi connectivity index (χ4v) is 3.51. The van der Waals surface area contributed by atoms with E-state index in [1.807, 2.05) is 6.92 Å². The first-order chi connectivity index (χ1) is 10.7. The average molecular weight is 341 g/mol. The Morgan fingerprint density at radius 1 is 1.35 bits per heavy atom. The van der Waals surface area contributed by atoms with Crippen LogP contribution in [0.25, 0.3) is 0 Å². The number of fused-ring (bicyclic) bond motifs is 1. The van der Waals surface area contributed by atoms with E-state index in [1.54, 1.807) is 0 Å². The van der Waals surface area contributed by atoms with Crippen molar-refractivity contribution in [3.63, 3.8) is 0 Å². The molecule has 1 aromatic rings. The van der Waals surface area contributed by atoms with Gasteiger partial charge in [0.25, 0.3) is 5.91 Å². The largest absolute Gasteiger partial charge is 0.455 e. The molecule has 23 heavy (non-hydrogen) atoms. The summed E-state index contributed by atoms with van der Waals surface area (Å²) in [5, 5.41) is 6.32. The topological polar surface area (TPSA) is 71.3 Å². The van der Waals surface area contributed by atoms with Gasteiger partial charge < -0.3 is 15.1 Å². The number of nitrogens with one attached hydrogen (secondary N) is 2. The molecule has 0 spiro atoms. The highest BCUT2D eigenvalue weighted by Crippen LogP contribution is 2.29. The Morgan fingerprint density at radius 2 is 2.17 bits per heavy atom. The van der Waals surface area contributed by atoms with Crippen molar-refractivity contribution >= 4 is 24.1 Å². The molecule has 0 saturated carbocycles. The molecule has 1 fully saturated rings. The summed E-state index contributed by atoms with van der Waals surface area (Å²) >= 11 is 0. The molecule has 1 aromatic heterocycles. The molecule has 1 aliphatic carbocycles. The summed E-state index contributed by atoms with van der Waals surface area (Å²) < 4.78 is 5.67. The predicted molar refractivity (Wildman–Crippen MR) is 90.5 cm³/mol. The molecule has 1 atom stereocenters. The lowest BCUT2D eigenvalue weighted by Gasteiger charge is -2.22. The molecular formula is C17H25ClN2O3. The molecule has 128 valence electrons. The Hall–Kier alpha value is -1.33. The highest BCUT2D eigenvalue weighted by Gasteiger charge is 2.28. The number of furan rings is 1. The van der Waals surface area contributed by atoms with Gasteiger partial charge in [-0.2, -0.15) is 0 Å². The molecule has 3 rings (SSSR count). The van der Waals surface area contributed by atoms with Crippen molar-refractivity contribution in [1.29, 1.82) is 0 Å². The number of halogens is 1. The van der Waals surface area contributed by atoms with Crippen molar-refractivity contribution in [3.8, 4) is 0 Å². The summed E-state index contributed by atoms with van der Waals surface area (Å²) in [4.78, 5) is 24.3. The number of rotatable bonds is 4. The molecule has 2 N–H and O–H groups in total. The molecule has 0 radical (unpaired) electrons. The Balaban J connectivity index is 0.00000192. The number of hydrogen-bond acceptors (Lipinski definition) is 4. The third-order valence-electron chi connectivity index (χ3n) is 4.75. The van der Waals surface area contributed by atoms with E-state index in [0.29, 0.717) is 41.5 Å². The van der Waals surface area contributed by atoms with Gasteiger partial charge in [0.2, 0.25) is 0 Å². The summed E-state index contributed by atoms with van der Waals surface area (Å²) in [7, 11) is 0. The first-order valence-corrected chi connectivity index (χ1v) is 8.31. The molecule has 0 bridgehead atoms. The van der Waals surface area contributed by atoms with E-state index in [-0.39, 0.29) is 24.1 Å². The molecule has 1 saturated heterocycles. The van der Waals surface area contributed by atoms with Gasteiger partial charge in [-0.1, -0.05) is 0 Å². The first kappa shape index (κ1) is 18.0. The van der Waals surface area contributed by atoms with Crippen LogP contribution in [-0.2, 0) is 6.42 Å². The zero-order valence-corrected chi connectivity index (χ0v) is 14.4. The van der Waals surface area contributed by atoms with Crippen molar-refractivity contribution in [1.82, 2.24) is 10.6 Å². The maximum atomic E-state index is 12.3. The van der Waals surface area contributed by atoms with Crippen molar-refractivity contribution in [3.05, 3.63) is 22.6 Å². The second-order valence-corrected chi connectivity index (χ2v) is 6.39. The molecular weight excluding hydrogens is 316 g/mol. The summed E-state index contributed by atoms with van der Waals surface area (Å²) in [5.41, 5.74) is 1.35. The number of carbonyl (C=O) groups excluding carboxylic acids is 2. The third-order valence-corrected chi connectivity index (χ3v) is 4.75. The lowest BCUT2D eigenvalue weighted by Crippen LogP contribution is -2.33. The lowest BCUT2D eigenvalue weighted by atomic mass is 9.94. The van der Waals surface area contributed by atoms with Crippen LogP contribution in [0.3, 0.4) is 0 Å². The zero-order chi connectivity index (χ0) is 15.5. The van der Waals surface area contributed by atoms with E-state index in [1.165, 1.54) is 12.8 Å². The number of amides is 1. The van der Waals surface area contributed by atoms with Gasteiger partial charge in [0.05, 0.1) is 5.56 Å². The van der Waals surface area contributed by atoms with E-state index in [4.69, 9.17) is 4.42 Å². The van der Waals surface area contributed by atoms with E-state index < -0.39 is 0 Å². The Kier molecular flexibility index (Phi) is 6.25. The smallest absolute Gasteiger partial charge is 0.287 e. The van der Waals surface area contributed by atoms with Gasteiger partial charge in [-0.25, -0.2) is 0 Å². The zero-order valence-electron chi connectivity index (χ0n) is 13.6. The monoisotopic (exact) mass is 340 g/mol. The number of carbonyl (C=O) groups is 2. The number of aryl methyl sites for hydroxylation is 1. The number of ketones is 1. The van der Waals surface area contributed by atoms with Crippen molar-refractivity contribution in [2.75, 3.05) is 19.6 Å². The Morgan fingerprint density at radius 3 is 2.87 bits per heavy atom. The third kappa shape index (κ3) is 3.96. The molecule has 2 heterocycles. The van der Waals surface area contributed by atoms with Crippen LogP contribution in [0.2, 0.25) is 0 Å². The average Bonchev–Trinajstić information content (AvgIpc) is 2.87. The van der Waals surface area contributed by atoms with Crippen LogP contribution in [0.4, 0.5) is 0 Å². The second-order valence-electron chi connectivity index (χ2n) is 6.39. The molecule has 1 unspecified atom stereocenters. The highest BCUT2D eigenvalue weighted by atomic mass is 35.5. The van der Waals surface area contributed by atoms with Crippen LogP contribution in [0.1, 0.15) is 64.3 Å². The summed E-state index contributed by atoms with van der Waals surface area (Å²) in [6.07, 6.45) is 5.55. The molecule has 0 aromatic carbocycles. The van der Waals surface area contributed by atoms with Gasteiger partial charge in [0.1, 0.15) is 5.76 Å². The number of piperidine rings is 1. The van der Waals surface area contributed by atoms with Crippen LogP contribution >= 0.6 is 12.4 Å². The van der Waals surface area contributed by atoms with Gasteiger partial charge >= 0.3 is 0 Å². The van der Waals surface area contributed by atoms with Gasteiger partial charge in [-0.3, -0.25) is 9.59 Å². The van der Waals surface area contributed by atoms with E-state index in [9.17, 15) is 9.59 Å². The van der Waals surface area contributed by atoms with E-state index >= 15 is 0 Å². The van der Waals surface area contributed by atoms with Gasteiger partial charge in [-0.15, -0.1) is 12.4 Å². The summed E-state index contributed by atoms with van der Waals surface area (Å²) in [6.45, 7) is 4.61. The van der Waals surface area contributed by atoms with E-state index in [0.717, 1.165) is 32.4 Å². The van der Waals surface area contributed by atoms with Crippen LogP contribution in [0, 0.1) is 12.8 Å². The first-order valence-electron chi connectivity index (χ1n) is 8.31. The highest BCUT2D eigenvalue weighted by molar-refractivity contribution is 6.03.